The Morgan fingerprint density at radius 2 is 2.00 bits per heavy atom. The molecule has 0 N–H and O–H groups in total. The van der Waals surface area contributed by atoms with E-state index in [0.717, 1.165) is 5.56 Å². The van der Waals surface area contributed by atoms with Crippen molar-refractivity contribution in [3.05, 3.63) is 83.3 Å². The fourth-order valence-corrected chi connectivity index (χ4v) is 4.99. The molecule has 4 rings (SSSR count). The molecule has 9 heteroatoms. The maximum atomic E-state index is 13.5. The van der Waals surface area contributed by atoms with Crippen LogP contribution in [0.1, 0.15) is 45.1 Å². The molecule has 2 aromatic heterocycles. The number of thiazole rings is 1. The van der Waals surface area contributed by atoms with Crippen LogP contribution in [0.3, 0.4) is 0 Å². The first kappa shape index (κ1) is 23.3. The molecule has 33 heavy (non-hydrogen) atoms. The first-order chi connectivity index (χ1) is 15.8. The first-order valence-electron chi connectivity index (χ1n) is 10.5. The van der Waals surface area contributed by atoms with E-state index in [1.165, 1.54) is 11.3 Å². The Kier molecular flexibility index (Phi) is 6.71. The van der Waals surface area contributed by atoms with Crippen LogP contribution in [-0.2, 0) is 9.53 Å². The second-order valence-corrected chi connectivity index (χ2v) is 9.47. The summed E-state index contributed by atoms with van der Waals surface area (Å²) in [6, 6.07) is 10.3. The second kappa shape index (κ2) is 9.52. The van der Waals surface area contributed by atoms with Crippen molar-refractivity contribution in [2.75, 3.05) is 6.61 Å². The summed E-state index contributed by atoms with van der Waals surface area (Å²) in [4.78, 5) is 31.5. The summed E-state index contributed by atoms with van der Waals surface area (Å²) in [6.45, 7) is 7.64. The molecule has 0 aliphatic carbocycles. The minimum atomic E-state index is -0.668. The number of esters is 1. The van der Waals surface area contributed by atoms with Gasteiger partial charge in [0.25, 0.3) is 5.56 Å². The lowest BCUT2D eigenvalue weighted by Gasteiger charge is -2.25. The number of allylic oxidation sites excluding steroid dienone is 1. The molecule has 0 spiro atoms. The number of hydrogen-bond acceptors (Lipinski definition) is 7. The minimum Gasteiger partial charge on any atom is -0.491 e. The number of aromatic nitrogens is 1. The van der Waals surface area contributed by atoms with Crippen molar-refractivity contribution in [3.8, 4) is 5.75 Å². The van der Waals surface area contributed by atoms with Gasteiger partial charge in [0, 0.05) is 6.08 Å². The zero-order valence-electron chi connectivity index (χ0n) is 18.6. The van der Waals surface area contributed by atoms with Gasteiger partial charge in [0.05, 0.1) is 34.6 Å². The number of halogens is 1. The van der Waals surface area contributed by atoms with Crippen LogP contribution in [0.15, 0.2) is 66.5 Å². The molecule has 3 aromatic rings. The molecule has 172 valence electrons. The van der Waals surface area contributed by atoms with E-state index in [1.807, 2.05) is 38.1 Å². The van der Waals surface area contributed by atoms with Gasteiger partial charge >= 0.3 is 5.97 Å². The predicted molar refractivity (Wildman–Crippen MR) is 129 cm³/mol. The monoisotopic (exact) mass is 530 g/mol. The van der Waals surface area contributed by atoms with E-state index in [1.54, 1.807) is 36.6 Å². The van der Waals surface area contributed by atoms with Gasteiger partial charge in [0.1, 0.15) is 11.5 Å². The summed E-state index contributed by atoms with van der Waals surface area (Å²) in [6.07, 6.45) is 1.71. The zero-order valence-corrected chi connectivity index (χ0v) is 21.0. The number of carbonyl (C=O) groups is 1. The van der Waals surface area contributed by atoms with Gasteiger partial charge in [-0.2, -0.15) is 0 Å². The number of rotatable bonds is 6. The molecule has 0 radical (unpaired) electrons. The molecule has 0 bridgehead atoms. The Morgan fingerprint density at radius 1 is 1.27 bits per heavy atom. The summed E-state index contributed by atoms with van der Waals surface area (Å²) in [5.74, 6) is 0.763. The number of benzene rings is 1. The van der Waals surface area contributed by atoms with Gasteiger partial charge in [-0.1, -0.05) is 23.5 Å². The summed E-state index contributed by atoms with van der Waals surface area (Å²) < 4.78 is 19.2. The predicted octanol–water partition coefficient (Wildman–Crippen LogP) is 3.94. The van der Waals surface area contributed by atoms with Gasteiger partial charge in [0.15, 0.2) is 9.47 Å². The van der Waals surface area contributed by atoms with Crippen molar-refractivity contribution in [1.82, 2.24) is 4.57 Å². The Labute approximate surface area is 202 Å². The van der Waals surface area contributed by atoms with Crippen LogP contribution in [-0.4, -0.2) is 23.2 Å². The van der Waals surface area contributed by atoms with E-state index in [-0.39, 0.29) is 18.3 Å². The van der Waals surface area contributed by atoms with Crippen LogP contribution in [0.5, 0.6) is 5.75 Å². The molecule has 1 aromatic carbocycles. The van der Waals surface area contributed by atoms with Crippen molar-refractivity contribution >= 4 is 39.3 Å². The molecule has 0 saturated carbocycles. The maximum absolute atomic E-state index is 13.5. The SMILES string of the molecule is CCOC(=O)C1=C(C)N=c2s/c(=C/c3ccc(Br)o3)c(=O)n2C1c1ccc(OC(C)C)cc1. The van der Waals surface area contributed by atoms with Crippen LogP contribution >= 0.6 is 27.3 Å². The van der Waals surface area contributed by atoms with Crippen LogP contribution in [0, 0.1) is 0 Å². The first-order valence-corrected chi connectivity index (χ1v) is 12.1. The molecule has 3 heterocycles. The summed E-state index contributed by atoms with van der Waals surface area (Å²) in [7, 11) is 0. The third kappa shape index (κ3) is 4.74. The molecule has 1 atom stereocenters. The highest BCUT2D eigenvalue weighted by molar-refractivity contribution is 9.10. The van der Waals surface area contributed by atoms with Crippen molar-refractivity contribution < 1.29 is 18.7 Å². The Hall–Kier alpha value is -2.91. The lowest BCUT2D eigenvalue weighted by Crippen LogP contribution is -2.39. The summed E-state index contributed by atoms with van der Waals surface area (Å²) in [5, 5.41) is 0. The van der Waals surface area contributed by atoms with Crippen LogP contribution < -0.4 is 19.6 Å². The molecule has 0 amide bonds. The fraction of sp³-hybridized carbons (Fsp3) is 0.292. The smallest absolute Gasteiger partial charge is 0.338 e. The van der Waals surface area contributed by atoms with Crippen molar-refractivity contribution in [2.24, 2.45) is 4.99 Å². The molecule has 1 aliphatic rings. The van der Waals surface area contributed by atoms with Crippen molar-refractivity contribution in [2.45, 2.75) is 39.8 Å². The van der Waals surface area contributed by atoms with E-state index in [9.17, 15) is 9.59 Å². The number of carbonyl (C=O) groups excluding carboxylic acids is 1. The van der Waals surface area contributed by atoms with Gasteiger partial charge in [-0.25, -0.2) is 9.79 Å². The number of hydrogen-bond donors (Lipinski definition) is 0. The second-order valence-electron chi connectivity index (χ2n) is 7.68. The maximum Gasteiger partial charge on any atom is 0.338 e. The van der Waals surface area contributed by atoms with Gasteiger partial charge in [-0.05, 0) is 73.5 Å². The third-order valence-corrected chi connectivity index (χ3v) is 6.36. The van der Waals surface area contributed by atoms with Crippen molar-refractivity contribution in [3.63, 3.8) is 0 Å². The zero-order chi connectivity index (χ0) is 23.7. The van der Waals surface area contributed by atoms with Gasteiger partial charge in [-0.3, -0.25) is 9.36 Å². The summed E-state index contributed by atoms with van der Waals surface area (Å²) >= 11 is 4.52. The summed E-state index contributed by atoms with van der Waals surface area (Å²) in [5.41, 5.74) is 1.37. The fourth-order valence-electron chi connectivity index (χ4n) is 3.64. The highest BCUT2D eigenvalue weighted by Gasteiger charge is 2.33. The van der Waals surface area contributed by atoms with E-state index in [2.05, 4.69) is 20.9 Å². The standard InChI is InChI=1S/C24H23BrN2O5S/c1-5-30-23(29)20-14(4)26-24-27(21(20)15-6-8-16(9-7-15)31-13(2)3)22(28)18(33-24)12-17-10-11-19(25)32-17/h6-13,21H,5H2,1-4H3/b18-12+. The third-order valence-electron chi connectivity index (χ3n) is 4.95. The Bertz CT molecular complexity index is 1400. The molecule has 1 aliphatic heterocycles. The molecule has 7 nitrogen and oxygen atoms in total. The van der Waals surface area contributed by atoms with E-state index >= 15 is 0 Å². The van der Waals surface area contributed by atoms with E-state index in [4.69, 9.17) is 13.9 Å². The normalized spacial score (nSPS) is 16.1. The van der Waals surface area contributed by atoms with E-state index < -0.39 is 12.0 Å². The average molecular weight is 531 g/mol. The van der Waals surface area contributed by atoms with Crippen LogP contribution in [0.2, 0.25) is 0 Å². The minimum absolute atomic E-state index is 0.0346. The van der Waals surface area contributed by atoms with Gasteiger partial charge in [-0.15, -0.1) is 0 Å². The Balaban J connectivity index is 1.89. The lowest BCUT2D eigenvalue weighted by atomic mass is 9.96. The largest absolute Gasteiger partial charge is 0.491 e. The number of ether oxygens (including phenoxy) is 2. The molecule has 0 saturated heterocycles. The highest BCUT2D eigenvalue weighted by Crippen LogP contribution is 2.31. The molecular formula is C24H23BrN2O5S. The van der Waals surface area contributed by atoms with Gasteiger partial charge in [0.2, 0.25) is 0 Å². The molecule has 1 unspecified atom stereocenters. The van der Waals surface area contributed by atoms with E-state index in [0.29, 0.717) is 36.8 Å². The number of fused-ring (bicyclic) bond motifs is 1. The average Bonchev–Trinajstić information content (AvgIpc) is 3.30. The number of furan rings is 1. The molecule has 0 fully saturated rings. The molecular weight excluding hydrogens is 508 g/mol. The highest BCUT2D eigenvalue weighted by atomic mass is 79.9. The van der Waals surface area contributed by atoms with Gasteiger partial charge < -0.3 is 13.9 Å². The van der Waals surface area contributed by atoms with Crippen molar-refractivity contribution in [1.29, 1.82) is 0 Å². The van der Waals surface area contributed by atoms with Crippen LogP contribution in [0.25, 0.3) is 6.08 Å². The lowest BCUT2D eigenvalue weighted by molar-refractivity contribution is -0.139. The quantitative estimate of drug-likeness (QED) is 0.450. The Morgan fingerprint density at radius 3 is 2.61 bits per heavy atom. The number of nitrogens with zero attached hydrogens (tertiary/aromatic N) is 2. The topological polar surface area (TPSA) is 83.0 Å². The van der Waals surface area contributed by atoms with Crippen LogP contribution in [0.4, 0.5) is 0 Å².